The summed E-state index contributed by atoms with van der Waals surface area (Å²) < 4.78 is 0. The zero-order valence-corrected chi connectivity index (χ0v) is 16.2. The topological polar surface area (TPSA) is 52.6 Å². The highest BCUT2D eigenvalue weighted by atomic mass is 32.1. The van der Waals surface area contributed by atoms with Crippen LogP contribution in [0.4, 0.5) is 0 Å². The SMILES string of the molecule is CN(CCCNC(=O)c1ccc(-c2ccc(O)cc2)s1)Cc1ccccc1. The Balaban J connectivity index is 1.42. The Hall–Kier alpha value is -2.63. The van der Waals surface area contributed by atoms with Crippen molar-refractivity contribution in [2.45, 2.75) is 13.0 Å². The number of benzene rings is 2. The monoisotopic (exact) mass is 380 g/mol. The van der Waals surface area contributed by atoms with Crippen LogP contribution < -0.4 is 5.32 Å². The van der Waals surface area contributed by atoms with E-state index in [2.05, 4.69) is 41.5 Å². The number of aromatic hydroxyl groups is 1. The lowest BCUT2D eigenvalue weighted by Crippen LogP contribution is -2.27. The van der Waals surface area contributed by atoms with Crippen LogP contribution in [0.2, 0.25) is 0 Å². The van der Waals surface area contributed by atoms with Crippen LogP contribution in [-0.4, -0.2) is 36.1 Å². The van der Waals surface area contributed by atoms with Crippen molar-refractivity contribution in [3.8, 4) is 16.2 Å². The average Bonchev–Trinajstić information content (AvgIpc) is 3.17. The highest BCUT2D eigenvalue weighted by Gasteiger charge is 2.10. The lowest BCUT2D eigenvalue weighted by atomic mass is 10.2. The number of amides is 1. The van der Waals surface area contributed by atoms with Crippen molar-refractivity contribution in [1.82, 2.24) is 10.2 Å². The fourth-order valence-electron chi connectivity index (χ4n) is 2.85. The summed E-state index contributed by atoms with van der Waals surface area (Å²) in [6.07, 6.45) is 0.908. The lowest BCUT2D eigenvalue weighted by Gasteiger charge is -2.16. The second-order valence-electron chi connectivity index (χ2n) is 6.54. The molecule has 0 fully saturated rings. The van der Waals surface area contributed by atoms with Gasteiger partial charge in [-0.2, -0.15) is 0 Å². The van der Waals surface area contributed by atoms with E-state index in [1.807, 2.05) is 30.3 Å². The number of phenols is 1. The van der Waals surface area contributed by atoms with Gasteiger partial charge in [0.15, 0.2) is 0 Å². The van der Waals surface area contributed by atoms with Gasteiger partial charge in [-0.1, -0.05) is 30.3 Å². The van der Waals surface area contributed by atoms with Crippen LogP contribution in [0.15, 0.2) is 66.7 Å². The summed E-state index contributed by atoms with van der Waals surface area (Å²) >= 11 is 1.46. The molecule has 1 amide bonds. The standard InChI is InChI=1S/C22H24N2O2S/c1-24(16-17-6-3-2-4-7-17)15-5-14-23-22(26)21-13-12-20(27-21)18-8-10-19(25)11-9-18/h2-4,6-13,25H,5,14-16H2,1H3,(H,23,26). The molecule has 0 aliphatic rings. The summed E-state index contributed by atoms with van der Waals surface area (Å²) in [7, 11) is 2.10. The van der Waals surface area contributed by atoms with Crippen LogP contribution in [-0.2, 0) is 6.54 Å². The normalized spacial score (nSPS) is 10.9. The van der Waals surface area contributed by atoms with Gasteiger partial charge in [-0.05, 0) is 67.5 Å². The van der Waals surface area contributed by atoms with Crippen molar-refractivity contribution in [1.29, 1.82) is 0 Å². The van der Waals surface area contributed by atoms with Gasteiger partial charge in [0.2, 0.25) is 0 Å². The molecule has 3 rings (SSSR count). The molecular weight excluding hydrogens is 356 g/mol. The maximum atomic E-state index is 12.3. The van der Waals surface area contributed by atoms with E-state index >= 15 is 0 Å². The molecule has 0 radical (unpaired) electrons. The van der Waals surface area contributed by atoms with E-state index in [1.165, 1.54) is 16.9 Å². The van der Waals surface area contributed by atoms with Crippen molar-refractivity contribution in [3.63, 3.8) is 0 Å². The summed E-state index contributed by atoms with van der Waals surface area (Å²) in [4.78, 5) is 16.3. The molecule has 3 aromatic rings. The van der Waals surface area contributed by atoms with E-state index in [9.17, 15) is 9.90 Å². The molecule has 0 bridgehead atoms. The van der Waals surface area contributed by atoms with Gasteiger partial charge >= 0.3 is 0 Å². The molecule has 4 nitrogen and oxygen atoms in total. The quantitative estimate of drug-likeness (QED) is 0.571. The highest BCUT2D eigenvalue weighted by Crippen LogP contribution is 2.29. The van der Waals surface area contributed by atoms with Gasteiger partial charge in [0.25, 0.3) is 5.91 Å². The Morgan fingerprint density at radius 1 is 1.04 bits per heavy atom. The number of nitrogens with one attached hydrogen (secondary N) is 1. The maximum Gasteiger partial charge on any atom is 0.261 e. The van der Waals surface area contributed by atoms with E-state index < -0.39 is 0 Å². The molecular formula is C22H24N2O2S. The molecule has 0 atom stereocenters. The third kappa shape index (κ3) is 5.67. The summed E-state index contributed by atoms with van der Waals surface area (Å²) in [6, 6.07) is 21.2. The second-order valence-corrected chi connectivity index (χ2v) is 7.63. The minimum Gasteiger partial charge on any atom is -0.508 e. The molecule has 0 aliphatic carbocycles. The molecule has 2 N–H and O–H groups in total. The minimum absolute atomic E-state index is 0.0317. The van der Waals surface area contributed by atoms with Crippen molar-refractivity contribution in [3.05, 3.63) is 77.2 Å². The predicted molar refractivity (Wildman–Crippen MR) is 111 cm³/mol. The number of hydrogen-bond acceptors (Lipinski definition) is 4. The smallest absolute Gasteiger partial charge is 0.261 e. The van der Waals surface area contributed by atoms with Crippen LogP contribution in [0.3, 0.4) is 0 Å². The zero-order valence-electron chi connectivity index (χ0n) is 15.4. The predicted octanol–water partition coefficient (Wildman–Crippen LogP) is 4.37. The van der Waals surface area contributed by atoms with Crippen LogP contribution >= 0.6 is 11.3 Å². The summed E-state index contributed by atoms with van der Waals surface area (Å²) in [5.74, 6) is 0.209. The highest BCUT2D eigenvalue weighted by molar-refractivity contribution is 7.17. The fourth-order valence-corrected chi connectivity index (χ4v) is 3.78. The first kappa shape index (κ1) is 19.1. The number of thiophene rings is 1. The van der Waals surface area contributed by atoms with Gasteiger partial charge < -0.3 is 15.3 Å². The summed E-state index contributed by atoms with van der Waals surface area (Å²) in [6.45, 7) is 2.50. The second kappa shape index (κ2) is 9.35. The van der Waals surface area contributed by atoms with Crippen molar-refractivity contribution in [2.75, 3.05) is 20.1 Å². The number of phenolic OH excluding ortho intramolecular Hbond substituents is 1. The number of hydrogen-bond donors (Lipinski definition) is 2. The molecule has 2 aromatic carbocycles. The Labute approximate surface area is 164 Å². The Bertz CT molecular complexity index is 860. The Kier molecular flexibility index (Phi) is 6.63. The third-order valence-corrected chi connectivity index (χ3v) is 5.41. The maximum absolute atomic E-state index is 12.3. The Morgan fingerprint density at radius 3 is 2.52 bits per heavy atom. The minimum atomic E-state index is -0.0317. The van der Waals surface area contributed by atoms with Gasteiger partial charge in [0.05, 0.1) is 4.88 Å². The Morgan fingerprint density at radius 2 is 1.78 bits per heavy atom. The first-order valence-electron chi connectivity index (χ1n) is 9.02. The van der Waals surface area contributed by atoms with Crippen molar-refractivity contribution < 1.29 is 9.90 Å². The van der Waals surface area contributed by atoms with E-state index in [1.54, 1.807) is 12.1 Å². The van der Waals surface area contributed by atoms with Crippen molar-refractivity contribution in [2.24, 2.45) is 0 Å². The fraction of sp³-hybridized carbons (Fsp3) is 0.227. The first-order chi connectivity index (χ1) is 13.1. The molecule has 1 heterocycles. The molecule has 0 spiro atoms. The van der Waals surface area contributed by atoms with Crippen LogP contribution in [0.1, 0.15) is 21.7 Å². The van der Waals surface area contributed by atoms with Gasteiger partial charge in [0.1, 0.15) is 5.75 Å². The largest absolute Gasteiger partial charge is 0.508 e. The molecule has 0 aliphatic heterocycles. The van der Waals surface area contributed by atoms with E-state index in [0.717, 1.165) is 30.0 Å². The molecule has 0 saturated heterocycles. The molecule has 0 saturated carbocycles. The summed E-state index contributed by atoms with van der Waals surface area (Å²) in [5.41, 5.74) is 2.30. The zero-order chi connectivity index (χ0) is 19.1. The van der Waals surface area contributed by atoms with E-state index in [0.29, 0.717) is 11.4 Å². The number of rotatable bonds is 8. The van der Waals surface area contributed by atoms with E-state index in [4.69, 9.17) is 0 Å². The van der Waals surface area contributed by atoms with Gasteiger partial charge in [-0.3, -0.25) is 4.79 Å². The van der Waals surface area contributed by atoms with Gasteiger partial charge in [0, 0.05) is 18.0 Å². The first-order valence-corrected chi connectivity index (χ1v) is 9.83. The number of carbonyl (C=O) groups excluding carboxylic acids is 1. The van der Waals surface area contributed by atoms with Crippen LogP contribution in [0, 0.1) is 0 Å². The number of carbonyl (C=O) groups is 1. The van der Waals surface area contributed by atoms with Gasteiger partial charge in [-0.15, -0.1) is 11.3 Å². The summed E-state index contributed by atoms with van der Waals surface area (Å²) in [5, 5.41) is 12.4. The number of nitrogens with zero attached hydrogens (tertiary/aromatic N) is 1. The molecule has 0 unspecified atom stereocenters. The van der Waals surface area contributed by atoms with E-state index in [-0.39, 0.29) is 11.7 Å². The average molecular weight is 381 g/mol. The van der Waals surface area contributed by atoms with Crippen LogP contribution in [0.25, 0.3) is 10.4 Å². The lowest BCUT2D eigenvalue weighted by molar-refractivity contribution is 0.0956. The molecule has 140 valence electrons. The molecule has 5 heteroatoms. The molecule has 1 aromatic heterocycles. The molecule has 27 heavy (non-hydrogen) atoms. The third-order valence-electron chi connectivity index (χ3n) is 4.28. The van der Waals surface area contributed by atoms with Gasteiger partial charge in [-0.25, -0.2) is 0 Å². The van der Waals surface area contributed by atoms with Crippen LogP contribution in [0.5, 0.6) is 5.75 Å². The van der Waals surface area contributed by atoms with Crippen molar-refractivity contribution >= 4 is 17.2 Å².